The Morgan fingerprint density at radius 3 is 2.79 bits per heavy atom. The van der Waals surface area contributed by atoms with E-state index in [2.05, 4.69) is 29.0 Å². The van der Waals surface area contributed by atoms with E-state index < -0.39 is 0 Å². The van der Waals surface area contributed by atoms with E-state index in [0.29, 0.717) is 0 Å². The predicted molar refractivity (Wildman–Crippen MR) is 56.8 cm³/mol. The number of aryl methyl sites for hydroxylation is 1. The lowest BCUT2D eigenvalue weighted by molar-refractivity contribution is 0.576. The number of aromatic nitrogens is 3. The van der Waals surface area contributed by atoms with Gasteiger partial charge in [-0.2, -0.15) is 5.10 Å². The Labute approximate surface area is 85.3 Å². The van der Waals surface area contributed by atoms with Crippen molar-refractivity contribution < 1.29 is 0 Å². The molecular formula is C10H20N4. The molecule has 4 heteroatoms. The van der Waals surface area contributed by atoms with Gasteiger partial charge in [0.05, 0.1) is 6.04 Å². The Bertz CT molecular complexity index is 256. The summed E-state index contributed by atoms with van der Waals surface area (Å²) in [5.74, 6) is 1.72. The van der Waals surface area contributed by atoms with Gasteiger partial charge in [-0.1, -0.05) is 26.7 Å². The van der Waals surface area contributed by atoms with Crippen molar-refractivity contribution in [1.82, 2.24) is 15.2 Å². The summed E-state index contributed by atoms with van der Waals surface area (Å²) in [7, 11) is 0. The maximum Gasteiger partial charge on any atom is 0.167 e. The van der Waals surface area contributed by atoms with Gasteiger partial charge in [0.2, 0.25) is 0 Å². The molecule has 0 radical (unpaired) electrons. The molecule has 0 saturated carbocycles. The van der Waals surface area contributed by atoms with E-state index in [0.717, 1.165) is 37.3 Å². The molecule has 1 aromatic heterocycles. The number of nitrogens with zero attached hydrogens (tertiary/aromatic N) is 2. The quantitative estimate of drug-likeness (QED) is 0.730. The Hall–Kier alpha value is -0.900. The van der Waals surface area contributed by atoms with Crippen LogP contribution in [0.15, 0.2) is 0 Å². The zero-order valence-corrected chi connectivity index (χ0v) is 9.08. The molecule has 1 atom stereocenters. The molecular weight excluding hydrogens is 176 g/mol. The van der Waals surface area contributed by atoms with Gasteiger partial charge in [0.1, 0.15) is 5.82 Å². The van der Waals surface area contributed by atoms with Crippen LogP contribution in [0, 0.1) is 0 Å². The van der Waals surface area contributed by atoms with Gasteiger partial charge in [0.25, 0.3) is 0 Å². The maximum absolute atomic E-state index is 5.95. The van der Waals surface area contributed by atoms with Crippen LogP contribution in [-0.4, -0.2) is 15.2 Å². The molecule has 0 amide bonds. The molecule has 3 N–H and O–H groups in total. The first-order valence-electron chi connectivity index (χ1n) is 5.44. The fourth-order valence-electron chi connectivity index (χ4n) is 1.38. The van der Waals surface area contributed by atoms with Crippen molar-refractivity contribution in [2.75, 3.05) is 0 Å². The number of rotatable bonds is 6. The SMILES string of the molecule is CCCC[C@H](N)c1n[nH]c(CCC)n1. The summed E-state index contributed by atoms with van der Waals surface area (Å²) in [6, 6.07) is -0.00296. The van der Waals surface area contributed by atoms with Gasteiger partial charge >= 0.3 is 0 Å². The van der Waals surface area contributed by atoms with Gasteiger partial charge < -0.3 is 5.73 Å². The van der Waals surface area contributed by atoms with Crippen molar-refractivity contribution in [3.63, 3.8) is 0 Å². The molecule has 0 fully saturated rings. The molecule has 1 heterocycles. The summed E-state index contributed by atoms with van der Waals surface area (Å²) in [5.41, 5.74) is 5.95. The van der Waals surface area contributed by atoms with E-state index in [1.165, 1.54) is 6.42 Å². The van der Waals surface area contributed by atoms with Crippen LogP contribution in [0.1, 0.15) is 57.2 Å². The number of H-pyrrole nitrogens is 1. The molecule has 0 bridgehead atoms. The zero-order valence-electron chi connectivity index (χ0n) is 9.08. The van der Waals surface area contributed by atoms with Crippen LogP contribution in [0.3, 0.4) is 0 Å². The minimum atomic E-state index is -0.00296. The molecule has 0 aliphatic carbocycles. The lowest BCUT2D eigenvalue weighted by atomic mass is 10.1. The summed E-state index contributed by atoms with van der Waals surface area (Å²) in [6.07, 6.45) is 5.31. The predicted octanol–water partition coefficient (Wildman–Crippen LogP) is 1.95. The third-order valence-corrected chi connectivity index (χ3v) is 2.24. The van der Waals surface area contributed by atoms with E-state index in [9.17, 15) is 0 Å². The first-order chi connectivity index (χ1) is 6.77. The number of hydrogen-bond donors (Lipinski definition) is 2. The average Bonchev–Trinajstić information content (AvgIpc) is 2.63. The fraction of sp³-hybridized carbons (Fsp3) is 0.800. The molecule has 0 unspecified atom stereocenters. The Morgan fingerprint density at radius 1 is 1.36 bits per heavy atom. The normalized spacial score (nSPS) is 13.1. The summed E-state index contributed by atoms with van der Waals surface area (Å²) in [4.78, 5) is 4.36. The van der Waals surface area contributed by atoms with E-state index >= 15 is 0 Å². The lowest BCUT2D eigenvalue weighted by Crippen LogP contribution is -2.11. The smallest absolute Gasteiger partial charge is 0.167 e. The van der Waals surface area contributed by atoms with Crippen molar-refractivity contribution in [1.29, 1.82) is 0 Å². The molecule has 0 saturated heterocycles. The number of hydrogen-bond acceptors (Lipinski definition) is 3. The molecule has 14 heavy (non-hydrogen) atoms. The summed E-state index contributed by atoms with van der Waals surface area (Å²) in [5, 5.41) is 7.05. The van der Waals surface area contributed by atoms with E-state index in [1.54, 1.807) is 0 Å². The second-order valence-electron chi connectivity index (χ2n) is 3.64. The molecule has 0 spiro atoms. The first kappa shape index (κ1) is 11.2. The third kappa shape index (κ3) is 3.10. The van der Waals surface area contributed by atoms with Crippen LogP contribution in [0.5, 0.6) is 0 Å². The number of nitrogens with one attached hydrogen (secondary N) is 1. The highest BCUT2D eigenvalue weighted by atomic mass is 15.2. The van der Waals surface area contributed by atoms with Gasteiger partial charge in [-0.05, 0) is 12.8 Å². The molecule has 0 aromatic carbocycles. The van der Waals surface area contributed by atoms with Gasteiger partial charge in [-0.3, -0.25) is 5.10 Å². The topological polar surface area (TPSA) is 67.6 Å². The van der Waals surface area contributed by atoms with Crippen LogP contribution in [0.4, 0.5) is 0 Å². The van der Waals surface area contributed by atoms with Gasteiger partial charge in [0, 0.05) is 6.42 Å². The van der Waals surface area contributed by atoms with Crippen LogP contribution in [0.25, 0.3) is 0 Å². The monoisotopic (exact) mass is 196 g/mol. The molecule has 1 rings (SSSR count). The number of nitrogens with two attached hydrogens (primary N) is 1. The first-order valence-corrected chi connectivity index (χ1v) is 5.44. The third-order valence-electron chi connectivity index (χ3n) is 2.24. The van der Waals surface area contributed by atoms with E-state index in [4.69, 9.17) is 5.73 Å². The Kier molecular flexibility index (Phi) is 4.59. The van der Waals surface area contributed by atoms with Gasteiger partial charge in [0.15, 0.2) is 5.82 Å². The maximum atomic E-state index is 5.95. The fourth-order valence-corrected chi connectivity index (χ4v) is 1.38. The summed E-state index contributed by atoms with van der Waals surface area (Å²) >= 11 is 0. The second kappa shape index (κ2) is 5.75. The van der Waals surface area contributed by atoms with Gasteiger partial charge in [-0.15, -0.1) is 0 Å². The van der Waals surface area contributed by atoms with Gasteiger partial charge in [-0.25, -0.2) is 4.98 Å². The Balaban J connectivity index is 2.48. The van der Waals surface area contributed by atoms with Crippen molar-refractivity contribution >= 4 is 0 Å². The van der Waals surface area contributed by atoms with Crippen LogP contribution in [-0.2, 0) is 6.42 Å². The average molecular weight is 196 g/mol. The van der Waals surface area contributed by atoms with Crippen molar-refractivity contribution in [2.24, 2.45) is 5.73 Å². The highest BCUT2D eigenvalue weighted by Gasteiger charge is 2.10. The highest BCUT2D eigenvalue weighted by molar-refractivity contribution is 4.95. The Morgan fingerprint density at radius 2 is 2.14 bits per heavy atom. The molecule has 4 nitrogen and oxygen atoms in total. The van der Waals surface area contributed by atoms with Crippen LogP contribution in [0.2, 0.25) is 0 Å². The van der Waals surface area contributed by atoms with E-state index in [1.807, 2.05) is 0 Å². The standard InChI is InChI=1S/C10H20N4/c1-3-5-7-8(11)10-12-9(6-4-2)13-14-10/h8H,3-7,11H2,1-2H3,(H,12,13,14)/t8-/m0/s1. The molecule has 80 valence electrons. The molecule has 0 aliphatic rings. The van der Waals surface area contributed by atoms with Crippen LogP contribution >= 0.6 is 0 Å². The highest BCUT2D eigenvalue weighted by Crippen LogP contribution is 2.12. The minimum absolute atomic E-state index is 0.00296. The number of unbranched alkanes of at least 4 members (excludes halogenated alkanes) is 1. The van der Waals surface area contributed by atoms with Crippen LogP contribution < -0.4 is 5.73 Å². The van der Waals surface area contributed by atoms with Crippen molar-refractivity contribution in [3.05, 3.63) is 11.6 Å². The van der Waals surface area contributed by atoms with Crippen molar-refractivity contribution in [2.45, 2.75) is 52.0 Å². The molecule has 1 aromatic rings. The summed E-state index contributed by atoms with van der Waals surface area (Å²) < 4.78 is 0. The summed E-state index contributed by atoms with van der Waals surface area (Å²) in [6.45, 7) is 4.28. The van der Waals surface area contributed by atoms with E-state index in [-0.39, 0.29) is 6.04 Å². The zero-order chi connectivity index (χ0) is 10.4. The largest absolute Gasteiger partial charge is 0.321 e. The molecule has 0 aliphatic heterocycles. The second-order valence-corrected chi connectivity index (χ2v) is 3.64. The van der Waals surface area contributed by atoms with Crippen molar-refractivity contribution in [3.8, 4) is 0 Å². The lowest BCUT2D eigenvalue weighted by Gasteiger charge is -2.04. The minimum Gasteiger partial charge on any atom is -0.321 e. The number of aromatic amines is 1.